The maximum absolute atomic E-state index is 12.3. The van der Waals surface area contributed by atoms with Gasteiger partial charge in [0, 0.05) is 24.0 Å². The van der Waals surface area contributed by atoms with Gasteiger partial charge in [0.2, 0.25) is 7.37 Å². The lowest BCUT2D eigenvalue weighted by Crippen LogP contribution is -2.35. The summed E-state index contributed by atoms with van der Waals surface area (Å²) in [5.41, 5.74) is 0.124. The summed E-state index contributed by atoms with van der Waals surface area (Å²) in [5.74, 6) is -4.02. The van der Waals surface area contributed by atoms with Crippen LogP contribution >= 0.6 is 7.37 Å². The van der Waals surface area contributed by atoms with Crippen LogP contribution < -0.4 is 10.2 Å². The summed E-state index contributed by atoms with van der Waals surface area (Å²) in [4.78, 5) is 31.7. The average Bonchev–Trinajstić information content (AvgIpc) is 2.76. The Bertz CT molecular complexity index is 596. The summed E-state index contributed by atoms with van der Waals surface area (Å²) in [5, 5.41) is 21.7. The largest absolute Gasteiger partial charge is 0.550 e. The molecule has 0 amide bonds. The van der Waals surface area contributed by atoms with E-state index in [9.17, 15) is 29.3 Å². The van der Waals surface area contributed by atoms with Crippen molar-refractivity contribution in [1.82, 2.24) is 0 Å². The molecule has 1 aliphatic carbocycles. The van der Waals surface area contributed by atoms with E-state index in [1.807, 2.05) is 0 Å². The van der Waals surface area contributed by atoms with Crippen molar-refractivity contribution in [1.29, 1.82) is 0 Å². The van der Waals surface area contributed by atoms with E-state index >= 15 is 0 Å². The number of rotatable bonds is 5. The molecular formula is C13H13O6P-2. The van der Waals surface area contributed by atoms with E-state index in [0.29, 0.717) is 11.1 Å². The zero-order chi connectivity index (χ0) is 14.9. The van der Waals surface area contributed by atoms with Gasteiger partial charge in [-0.25, -0.2) is 0 Å². The summed E-state index contributed by atoms with van der Waals surface area (Å²) < 4.78 is 12.3. The Balaban J connectivity index is 2.31. The molecule has 20 heavy (non-hydrogen) atoms. The van der Waals surface area contributed by atoms with E-state index in [2.05, 4.69) is 0 Å². The van der Waals surface area contributed by atoms with Crippen LogP contribution in [0.15, 0.2) is 24.3 Å². The van der Waals surface area contributed by atoms with E-state index in [4.69, 9.17) is 0 Å². The lowest BCUT2D eigenvalue weighted by Gasteiger charge is -2.26. The molecule has 0 aromatic heterocycles. The van der Waals surface area contributed by atoms with Crippen molar-refractivity contribution in [2.75, 3.05) is 6.16 Å². The molecule has 7 heteroatoms. The van der Waals surface area contributed by atoms with Crippen LogP contribution in [0.1, 0.15) is 23.5 Å². The fourth-order valence-corrected chi connectivity index (χ4v) is 4.72. The minimum Gasteiger partial charge on any atom is -0.550 e. The molecule has 0 saturated carbocycles. The lowest BCUT2D eigenvalue weighted by molar-refractivity contribution is -0.308. The number of carboxylic acids is 2. The first kappa shape index (κ1) is 14.8. The monoisotopic (exact) mass is 296 g/mol. The Hall–Kier alpha value is -1.65. The predicted octanol–water partition coefficient (Wildman–Crippen LogP) is -1.14. The zero-order valence-corrected chi connectivity index (χ0v) is 11.4. The van der Waals surface area contributed by atoms with E-state index in [1.54, 1.807) is 24.3 Å². The molecule has 0 heterocycles. The minimum atomic E-state index is -3.93. The van der Waals surface area contributed by atoms with Crippen molar-refractivity contribution < 1.29 is 29.3 Å². The van der Waals surface area contributed by atoms with Gasteiger partial charge in [-0.2, -0.15) is 0 Å². The van der Waals surface area contributed by atoms with Gasteiger partial charge in [-0.05, 0) is 24.0 Å². The van der Waals surface area contributed by atoms with Gasteiger partial charge >= 0.3 is 0 Å². The van der Waals surface area contributed by atoms with Gasteiger partial charge in [-0.15, -0.1) is 0 Å². The summed E-state index contributed by atoms with van der Waals surface area (Å²) >= 11 is 0. The standard InChI is InChI=1S/C13H15O6P/c14-11(15)5-6-20(18,19)10-7-8-3-1-2-4-9(8)12(10)13(16)17/h1-4,10,12H,5-7H2,(H,14,15)(H,16,17)(H,18,19)/p-2/t10-,12+/m0/s1. The quantitative estimate of drug-likeness (QED) is 0.686. The van der Waals surface area contributed by atoms with Crippen LogP contribution in [0.4, 0.5) is 0 Å². The normalized spacial score (nSPS) is 23.9. The third-order valence-electron chi connectivity index (χ3n) is 3.61. The molecule has 0 radical (unpaired) electrons. The Labute approximate surface area is 115 Å². The maximum Gasteiger partial charge on any atom is 0.205 e. The van der Waals surface area contributed by atoms with Crippen molar-refractivity contribution >= 4 is 19.3 Å². The fourth-order valence-electron chi connectivity index (χ4n) is 2.65. The van der Waals surface area contributed by atoms with Crippen LogP contribution in [-0.2, 0) is 20.6 Å². The van der Waals surface area contributed by atoms with Crippen LogP contribution in [-0.4, -0.2) is 28.7 Å². The molecule has 1 aromatic rings. The van der Waals surface area contributed by atoms with Crippen molar-refractivity contribution in [3.63, 3.8) is 0 Å². The minimum absolute atomic E-state index is 0.135. The molecule has 3 atom stereocenters. The first-order valence-corrected chi connectivity index (χ1v) is 8.04. The third kappa shape index (κ3) is 2.76. The smallest absolute Gasteiger partial charge is 0.205 e. The van der Waals surface area contributed by atoms with Crippen molar-refractivity contribution in [2.24, 2.45) is 0 Å². The SMILES string of the molecule is O=C([O-])CCP(=O)(O)[C@H]1Cc2ccccc2[C@H]1C(=O)[O-]. The molecule has 0 spiro atoms. The third-order valence-corrected chi connectivity index (χ3v) is 5.99. The number of benzene rings is 1. The highest BCUT2D eigenvalue weighted by atomic mass is 31.2. The molecule has 108 valence electrons. The second-order valence-electron chi connectivity index (χ2n) is 4.87. The topological polar surface area (TPSA) is 118 Å². The van der Waals surface area contributed by atoms with Crippen molar-refractivity contribution in [3.8, 4) is 0 Å². The number of hydrogen-bond donors (Lipinski definition) is 1. The Morgan fingerprint density at radius 1 is 1.30 bits per heavy atom. The zero-order valence-electron chi connectivity index (χ0n) is 10.5. The molecule has 1 aromatic carbocycles. The lowest BCUT2D eigenvalue weighted by atomic mass is 10.0. The number of aliphatic carboxylic acids is 2. The van der Waals surface area contributed by atoms with Gasteiger partial charge in [0.05, 0.1) is 5.66 Å². The highest BCUT2D eigenvalue weighted by Gasteiger charge is 2.43. The van der Waals surface area contributed by atoms with E-state index in [0.717, 1.165) is 0 Å². The molecule has 6 nitrogen and oxygen atoms in total. The molecule has 1 unspecified atom stereocenters. The van der Waals surface area contributed by atoms with Gasteiger partial charge in [0.15, 0.2) is 0 Å². The molecule has 0 aliphatic heterocycles. The van der Waals surface area contributed by atoms with E-state index < -0.39 is 43.5 Å². The second kappa shape index (κ2) is 5.38. The van der Waals surface area contributed by atoms with Crippen LogP contribution in [0.2, 0.25) is 0 Å². The summed E-state index contributed by atoms with van der Waals surface area (Å²) in [6.07, 6.45) is -0.923. The molecule has 0 saturated heterocycles. The first-order valence-electron chi connectivity index (χ1n) is 6.13. The van der Waals surface area contributed by atoms with Crippen LogP contribution in [0.25, 0.3) is 0 Å². The summed E-state index contributed by atoms with van der Waals surface area (Å²) in [7, 11) is -3.93. The van der Waals surface area contributed by atoms with Gasteiger partial charge in [0.25, 0.3) is 0 Å². The molecule has 0 fully saturated rings. The molecule has 2 rings (SSSR count). The highest BCUT2D eigenvalue weighted by molar-refractivity contribution is 7.58. The molecule has 1 N–H and O–H groups in total. The Kier molecular flexibility index (Phi) is 3.97. The van der Waals surface area contributed by atoms with E-state index in [1.165, 1.54) is 0 Å². The number of hydrogen-bond acceptors (Lipinski definition) is 5. The van der Waals surface area contributed by atoms with Crippen molar-refractivity contribution in [2.45, 2.75) is 24.4 Å². The molecule has 0 bridgehead atoms. The Morgan fingerprint density at radius 2 is 1.95 bits per heavy atom. The van der Waals surface area contributed by atoms with Crippen LogP contribution in [0, 0.1) is 0 Å². The second-order valence-corrected chi connectivity index (χ2v) is 7.49. The number of carbonyl (C=O) groups is 2. The van der Waals surface area contributed by atoms with E-state index in [-0.39, 0.29) is 6.42 Å². The average molecular weight is 296 g/mol. The van der Waals surface area contributed by atoms with Gasteiger partial charge < -0.3 is 24.7 Å². The van der Waals surface area contributed by atoms with Gasteiger partial charge in [-0.1, -0.05) is 24.3 Å². The first-order chi connectivity index (χ1) is 9.33. The summed E-state index contributed by atoms with van der Waals surface area (Å²) in [6.45, 7) is 0. The Morgan fingerprint density at radius 3 is 2.55 bits per heavy atom. The number of carboxylic acid groups (broad SMARTS) is 2. The van der Waals surface area contributed by atoms with Crippen molar-refractivity contribution in [3.05, 3.63) is 35.4 Å². The molecule has 1 aliphatic rings. The highest BCUT2D eigenvalue weighted by Crippen LogP contribution is 2.56. The van der Waals surface area contributed by atoms with Gasteiger partial charge in [-0.3, -0.25) is 4.57 Å². The predicted molar refractivity (Wildman–Crippen MR) is 66.0 cm³/mol. The summed E-state index contributed by atoms with van der Waals surface area (Å²) in [6, 6.07) is 6.66. The number of fused-ring (bicyclic) bond motifs is 1. The maximum atomic E-state index is 12.3. The fraction of sp³-hybridized carbons (Fsp3) is 0.385. The number of carbonyl (C=O) groups excluding carboxylic acids is 2. The van der Waals surface area contributed by atoms with Gasteiger partial charge in [0.1, 0.15) is 0 Å². The van der Waals surface area contributed by atoms with Crippen LogP contribution in [0.3, 0.4) is 0 Å². The molecular weight excluding hydrogens is 283 g/mol. The van der Waals surface area contributed by atoms with Crippen LogP contribution in [0.5, 0.6) is 0 Å².